The first-order chi connectivity index (χ1) is 11.1. The molecular formula is C16H22ClN3O3. The van der Waals surface area contributed by atoms with E-state index in [4.69, 9.17) is 16.3 Å². The van der Waals surface area contributed by atoms with E-state index in [9.17, 15) is 9.59 Å². The smallest absolute Gasteiger partial charge is 0.317 e. The lowest BCUT2D eigenvalue weighted by molar-refractivity contribution is -0.130. The molecule has 1 aromatic carbocycles. The molecule has 0 radical (unpaired) electrons. The van der Waals surface area contributed by atoms with Gasteiger partial charge in [-0.2, -0.15) is 0 Å². The number of benzene rings is 1. The molecule has 2 rings (SSSR count). The van der Waals surface area contributed by atoms with Crippen LogP contribution in [0, 0.1) is 0 Å². The van der Waals surface area contributed by atoms with Crippen molar-refractivity contribution in [3.63, 3.8) is 0 Å². The molecule has 0 unspecified atom stereocenters. The fraction of sp³-hybridized carbons (Fsp3) is 0.500. The Balaban J connectivity index is 1.60. The first-order valence-electron chi connectivity index (χ1n) is 7.73. The largest absolute Gasteiger partial charge is 0.492 e. The van der Waals surface area contributed by atoms with E-state index in [1.165, 1.54) is 0 Å². The van der Waals surface area contributed by atoms with Crippen LogP contribution in [0.4, 0.5) is 4.79 Å². The minimum atomic E-state index is -0.0917. The van der Waals surface area contributed by atoms with Gasteiger partial charge in [-0.25, -0.2) is 4.79 Å². The van der Waals surface area contributed by atoms with Gasteiger partial charge >= 0.3 is 6.03 Å². The predicted octanol–water partition coefficient (Wildman–Crippen LogP) is 1.98. The first-order valence-corrected chi connectivity index (χ1v) is 8.11. The Kier molecular flexibility index (Phi) is 6.52. The molecule has 1 aromatic rings. The van der Waals surface area contributed by atoms with Crippen molar-refractivity contribution in [3.05, 3.63) is 29.3 Å². The number of hydrogen-bond donors (Lipinski definition) is 1. The lowest BCUT2D eigenvalue weighted by Gasteiger charge is -2.34. The van der Waals surface area contributed by atoms with Crippen LogP contribution in [0.5, 0.6) is 5.75 Å². The molecule has 1 saturated heterocycles. The summed E-state index contributed by atoms with van der Waals surface area (Å²) in [4.78, 5) is 26.7. The third kappa shape index (κ3) is 5.32. The molecule has 0 aliphatic carbocycles. The number of piperazine rings is 1. The highest BCUT2D eigenvalue weighted by Gasteiger charge is 2.21. The molecule has 1 aliphatic heterocycles. The van der Waals surface area contributed by atoms with E-state index in [0.717, 1.165) is 0 Å². The van der Waals surface area contributed by atoms with Crippen LogP contribution in [0.2, 0.25) is 5.02 Å². The molecule has 0 aromatic heterocycles. The van der Waals surface area contributed by atoms with Crippen LogP contribution in [-0.4, -0.2) is 61.1 Å². The Morgan fingerprint density at radius 1 is 1.17 bits per heavy atom. The quantitative estimate of drug-likeness (QED) is 0.834. The topological polar surface area (TPSA) is 61.9 Å². The summed E-state index contributed by atoms with van der Waals surface area (Å²) in [6.45, 7) is 4.91. The highest BCUT2D eigenvalue weighted by atomic mass is 35.5. The number of hydrogen-bond acceptors (Lipinski definition) is 3. The Bertz CT molecular complexity index is 545. The molecule has 0 spiro atoms. The molecule has 23 heavy (non-hydrogen) atoms. The van der Waals surface area contributed by atoms with Crippen LogP contribution in [0.15, 0.2) is 24.3 Å². The second-order valence-corrected chi connectivity index (χ2v) is 5.76. The summed E-state index contributed by atoms with van der Waals surface area (Å²) >= 11 is 5.99. The minimum absolute atomic E-state index is 0.0572. The molecular weight excluding hydrogens is 318 g/mol. The van der Waals surface area contributed by atoms with E-state index < -0.39 is 0 Å². The summed E-state index contributed by atoms with van der Waals surface area (Å²) in [5, 5.41) is 3.45. The molecule has 1 heterocycles. The van der Waals surface area contributed by atoms with Crippen molar-refractivity contribution in [3.8, 4) is 5.75 Å². The van der Waals surface area contributed by atoms with Crippen LogP contribution in [0.3, 0.4) is 0 Å². The Labute approximate surface area is 141 Å². The van der Waals surface area contributed by atoms with Crippen LogP contribution < -0.4 is 10.1 Å². The van der Waals surface area contributed by atoms with Crippen molar-refractivity contribution in [2.24, 2.45) is 0 Å². The normalized spacial score (nSPS) is 14.5. The number of halogens is 1. The maximum atomic E-state index is 12.0. The Morgan fingerprint density at radius 2 is 1.83 bits per heavy atom. The highest BCUT2D eigenvalue weighted by Crippen LogP contribution is 2.22. The molecule has 0 bridgehead atoms. The fourth-order valence-electron chi connectivity index (χ4n) is 2.35. The van der Waals surface area contributed by atoms with E-state index in [1.807, 2.05) is 18.2 Å². The number of rotatable bonds is 5. The van der Waals surface area contributed by atoms with E-state index in [-0.39, 0.29) is 11.9 Å². The van der Waals surface area contributed by atoms with Crippen molar-refractivity contribution in [2.45, 2.75) is 13.3 Å². The van der Waals surface area contributed by atoms with E-state index in [0.29, 0.717) is 56.5 Å². The Hall–Kier alpha value is -1.95. The first kappa shape index (κ1) is 17.4. The van der Waals surface area contributed by atoms with Gasteiger partial charge in [0.15, 0.2) is 0 Å². The monoisotopic (exact) mass is 339 g/mol. The van der Waals surface area contributed by atoms with E-state index in [1.54, 1.807) is 22.8 Å². The van der Waals surface area contributed by atoms with Crippen LogP contribution >= 0.6 is 11.6 Å². The number of nitrogens with one attached hydrogen (secondary N) is 1. The molecule has 0 atom stereocenters. The van der Waals surface area contributed by atoms with Gasteiger partial charge < -0.3 is 19.9 Å². The van der Waals surface area contributed by atoms with Gasteiger partial charge in [0.1, 0.15) is 5.75 Å². The number of carbonyl (C=O) groups is 2. The average Bonchev–Trinajstić information content (AvgIpc) is 2.56. The highest BCUT2D eigenvalue weighted by molar-refractivity contribution is 6.32. The van der Waals surface area contributed by atoms with Crippen LogP contribution in [0.25, 0.3) is 0 Å². The van der Waals surface area contributed by atoms with E-state index >= 15 is 0 Å². The zero-order valence-corrected chi connectivity index (χ0v) is 14.0. The van der Waals surface area contributed by atoms with Gasteiger partial charge in [-0.15, -0.1) is 0 Å². The predicted molar refractivity (Wildman–Crippen MR) is 88.8 cm³/mol. The van der Waals surface area contributed by atoms with Gasteiger partial charge in [0.05, 0.1) is 11.6 Å². The molecule has 7 heteroatoms. The standard InChI is InChI=1S/C16H22ClN3O3/c1-13(21)19-8-10-20(11-9-19)16(22)18-7-4-12-23-15-6-3-2-5-14(15)17/h2-3,5-6H,4,7-12H2,1H3,(H,18,22). The molecule has 126 valence electrons. The summed E-state index contributed by atoms with van der Waals surface area (Å²) < 4.78 is 5.56. The summed E-state index contributed by atoms with van der Waals surface area (Å²) in [5.74, 6) is 0.711. The Morgan fingerprint density at radius 3 is 2.48 bits per heavy atom. The SMILES string of the molecule is CC(=O)N1CCN(C(=O)NCCCOc2ccccc2Cl)CC1. The summed E-state index contributed by atoms with van der Waals surface area (Å²) in [7, 11) is 0. The maximum Gasteiger partial charge on any atom is 0.317 e. The van der Waals surface area contributed by atoms with Crippen molar-refractivity contribution < 1.29 is 14.3 Å². The van der Waals surface area contributed by atoms with Gasteiger partial charge in [0.25, 0.3) is 0 Å². The fourth-order valence-corrected chi connectivity index (χ4v) is 2.54. The number of ether oxygens (including phenoxy) is 1. The maximum absolute atomic E-state index is 12.0. The average molecular weight is 340 g/mol. The summed E-state index contributed by atoms with van der Waals surface area (Å²) in [5.41, 5.74) is 0. The van der Waals surface area contributed by atoms with Gasteiger partial charge in [-0.05, 0) is 18.6 Å². The van der Waals surface area contributed by atoms with Crippen LogP contribution in [0.1, 0.15) is 13.3 Å². The number of nitrogens with zero attached hydrogens (tertiary/aromatic N) is 2. The second-order valence-electron chi connectivity index (χ2n) is 5.36. The zero-order chi connectivity index (χ0) is 16.7. The lowest BCUT2D eigenvalue weighted by atomic mass is 10.3. The number of carbonyl (C=O) groups excluding carboxylic acids is 2. The molecule has 6 nitrogen and oxygen atoms in total. The van der Waals surface area contributed by atoms with Crippen molar-refractivity contribution in [1.29, 1.82) is 0 Å². The molecule has 1 fully saturated rings. The summed E-state index contributed by atoms with van der Waals surface area (Å²) in [6.07, 6.45) is 0.699. The van der Waals surface area contributed by atoms with Crippen molar-refractivity contribution >= 4 is 23.5 Å². The third-order valence-corrected chi connectivity index (χ3v) is 4.02. The van der Waals surface area contributed by atoms with Crippen molar-refractivity contribution in [2.75, 3.05) is 39.3 Å². The minimum Gasteiger partial charge on any atom is -0.492 e. The molecule has 1 aliphatic rings. The van der Waals surface area contributed by atoms with Gasteiger partial charge in [0, 0.05) is 39.6 Å². The van der Waals surface area contributed by atoms with Gasteiger partial charge in [-0.1, -0.05) is 23.7 Å². The number of amides is 3. The third-order valence-electron chi connectivity index (χ3n) is 3.70. The lowest BCUT2D eigenvalue weighted by Crippen LogP contribution is -2.52. The molecule has 1 N–H and O–H groups in total. The molecule has 3 amide bonds. The number of urea groups is 1. The van der Waals surface area contributed by atoms with Crippen molar-refractivity contribution in [1.82, 2.24) is 15.1 Å². The van der Waals surface area contributed by atoms with E-state index in [2.05, 4.69) is 5.32 Å². The van der Waals surface area contributed by atoms with Gasteiger partial charge in [0.2, 0.25) is 5.91 Å². The molecule has 0 saturated carbocycles. The van der Waals surface area contributed by atoms with Crippen LogP contribution in [-0.2, 0) is 4.79 Å². The van der Waals surface area contributed by atoms with Gasteiger partial charge in [-0.3, -0.25) is 4.79 Å². The number of para-hydroxylation sites is 1. The zero-order valence-electron chi connectivity index (χ0n) is 13.3. The summed E-state index contributed by atoms with van der Waals surface area (Å²) in [6, 6.07) is 7.21. The second kappa shape index (κ2) is 8.62.